The number of nitrogens with zero attached hydrogens (tertiary/aromatic N) is 2. The van der Waals surface area contributed by atoms with Crippen molar-refractivity contribution in [2.75, 3.05) is 38.6 Å². The van der Waals surface area contributed by atoms with Gasteiger partial charge in [0.25, 0.3) is 0 Å². The number of hydrogen-bond donors (Lipinski definition) is 0. The molecule has 16 heavy (non-hydrogen) atoms. The predicted octanol–water partition coefficient (Wildman–Crippen LogP) is 2.43. The lowest BCUT2D eigenvalue weighted by atomic mass is 9.84. The Morgan fingerprint density at radius 2 is 2.12 bits per heavy atom. The van der Waals surface area contributed by atoms with E-state index in [4.69, 9.17) is 0 Å². The van der Waals surface area contributed by atoms with Crippen molar-refractivity contribution in [2.24, 2.45) is 11.8 Å². The fraction of sp³-hybridized carbons (Fsp3) is 1.00. The van der Waals surface area contributed by atoms with Crippen LogP contribution in [0.4, 0.5) is 0 Å². The SMILES string of the molecule is CC(CBr)CN1CCC2C(CCCN2C)C1. The number of piperidine rings is 2. The fourth-order valence-electron chi connectivity index (χ4n) is 3.38. The minimum absolute atomic E-state index is 0.790. The first kappa shape index (κ1) is 12.8. The normalized spacial score (nSPS) is 34.7. The van der Waals surface area contributed by atoms with Crippen molar-refractivity contribution in [1.82, 2.24) is 9.80 Å². The average Bonchev–Trinajstić information content (AvgIpc) is 2.29. The molecule has 0 bridgehead atoms. The summed E-state index contributed by atoms with van der Waals surface area (Å²) in [6.45, 7) is 7.58. The molecule has 2 heterocycles. The molecule has 0 aliphatic carbocycles. The summed E-state index contributed by atoms with van der Waals surface area (Å²) in [5.74, 6) is 1.73. The van der Waals surface area contributed by atoms with Crippen LogP contribution in [-0.2, 0) is 0 Å². The monoisotopic (exact) mass is 288 g/mol. The molecule has 0 amide bonds. The maximum Gasteiger partial charge on any atom is 0.0145 e. The fourth-order valence-corrected chi connectivity index (χ4v) is 3.59. The molecule has 2 fully saturated rings. The predicted molar refractivity (Wildman–Crippen MR) is 73.2 cm³/mol. The first-order valence-electron chi connectivity index (χ1n) is 6.69. The molecule has 94 valence electrons. The third kappa shape index (κ3) is 2.99. The first-order chi connectivity index (χ1) is 7.70. The van der Waals surface area contributed by atoms with Crippen LogP contribution in [0.2, 0.25) is 0 Å². The quantitative estimate of drug-likeness (QED) is 0.736. The Labute approximate surface area is 108 Å². The van der Waals surface area contributed by atoms with Gasteiger partial charge >= 0.3 is 0 Å². The molecule has 0 radical (unpaired) electrons. The zero-order valence-electron chi connectivity index (χ0n) is 10.7. The van der Waals surface area contributed by atoms with Crippen molar-refractivity contribution in [3.63, 3.8) is 0 Å². The third-order valence-electron chi connectivity index (χ3n) is 4.26. The van der Waals surface area contributed by atoms with Gasteiger partial charge in [0.05, 0.1) is 0 Å². The van der Waals surface area contributed by atoms with E-state index in [2.05, 4.69) is 39.7 Å². The second-order valence-corrected chi connectivity index (χ2v) is 6.41. The molecule has 0 saturated carbocycles. The van der Waals surface area contributed by atoms with Crippen molar-refractivity contribution in [1.29, 1.82) is 0 Å². The van der Waals surface area contributed by atoms with E-state index in [1.165, 1.54) is 45.4 Å². The van der Waals surface area contributed by atoms with Crippen molar-refractivity contribution in [2.45, 2.75) is 32.2 Å². The minimum Gasteiger partial charge on any atom is -0.303 e. The Hall–Kier alpha value is 0.400. The lowest BCUT2D eigenvalue weighted by Gasteiger charge is -2.46. The van der Waals surface area contributed by atoms with Gasteiger partial charge in [-0.05, 0) is 51.2 Å². The molecule has 0 aromatic heterocycles. The molecular weight excluding hydrogens is 264 g/mol. The Kier molecular flexibility index (Phi) is 4.68. The smallest absolute Gasteiger partial charge is 0.0145 e. The second kappa shape index (κ2) is 5.83. The van der Waals surface area contributed by atoms with E-state index in [0.29, 0.717) is 0 Å². The number of rotatable bonds is 3. The van der Waals surface area contributed by atoms with Crippen molar-refractivity contribution in [3.05, 3.63) is 0 Å². The summed E-state index contributed by atoms with van der Waals surface area (Å²) in [5.41, 5.74) is 0. The first-order valence-corrected chi connectivity index (χ1v) is 7.81. The van der Waals surface area contributed by atoms with Crippen LogP contribution < -0.4 is 0 Å². The highest BCUT2D eigenvalue weighted by molar-refractivity contribution is 9.09. The Bertz CT molecular complexity index is 222. The molecule has 0 N–H and O–H groups in total. The van der Waals surface area contributed by atoms with Crippen LogP contribution in [0.15, 0.2) is 0 Å². The van der Waals surface area contributed by atoms with Crippen LogP contribution in [0, 0.1) is 11.8 Å². The van der Waals surface area contributed by atoms with Gasteiger partial charge in [-0.2, -0.15) is 0 Å². The molecular formula is C13H25BrN2. The van der Waals surface area contributed by atoms with Gasteiger partial charge < -0.3 is 9.80 Å². The van der Waals surface area contributed by atoms with Crippen LogP contribution in [0.5, 0.6) is 0 Å². The van der Waals surface area contributed by atoms with Crippen molar-refractivity contribution < 1.29 is 0 Å². The van der Waals surface area contributed by atoms with Crippen LogP contribution >= 0.6 is 15.9 Å². The van der Waals surface area contributed by atoms with Gasteiger partial charge in [0, 0.05) is 24.5 Å². The summed E-state index contributed by atoms with van der Waals surface area (Å²) in [6, 6.07) is 0.879. The van der Waals surface area contributed by atoms with Crippen LogP contribution in [-0.4, -0.2) is 54.4 Å². The number of halogens is 1. The van der Waals surface area contributed by atoms with Crippen LogP contribution in [0.1, 0.15) is 26.2 Å². The molecule has 0 aromatic carbocycles. The molecule has 3 unspecified atom stereocenters. The molecule has 3 heteroatoms. The van der Waals surface area contributed by atoms with E-state index in [0.717, 1.165) is 23.2 Å². The van der Waals surface area contributed by atoms with Gasteiger partial charge in [0.1, 0.15) is 0 Å². The molecule has 2 rings (SSSR count). The van der Waals surface area contributed by atoms with E-state index in [-0.39, 0.29) is 0 Å². The average molecular weight is 289 g/mol. The van der Waals surface area contributed by atoms with Crippen molar-refractivity contribution >= 4 is 15.9 Å². The minimum atomic E-state index is 0.790. The molecule has 2 aliphatic rings. The Balaban J connectivity index is 1.85. The van der Waals surface area contributed by atoms with E-state index in [1.807, 2.05) is 0 Å². The highest BCUT2D eigenvalue weighted by Gasteiger charge is 2.34. The summed E-state index contributed by atoms with van der Waals surface area (Å²) in [4.78, 5) is 5.28. The van der Waals surface area contributed by atoms with Crippen molar-refractivity contribution in [3.8, 4) is 0 Å². The molecule has 0 spiro atoms. The van der Waals surface area contributed by atoms with Crippen LogP contribution in [0.3, 0.4) is 0 Å². The van der Waals surface area contributed by atoms with Gasteiger partial charge in [-0.15, -0.1) is 0 Å². The lowest BCUT2D eigenvalue weighted by Crippen LogP contribution is -2.53. The standard InChI is InChI=1S/C13H25BrN2/c1-11(8-14)9-16-7-5-13-12(10-16)4-3-6-15(13)2/h11-13H,3-10H2,1-2H3. The molecule has 2 aliphatic heterocycles. The van der Waals surface area contributed by atoms with Crippen LogP contribution in [0.25, 0.3) is 0 Å². The zero-order valence-corrected chi connectivity index (χ0v) is 12.2. The van der Waals surface area contributed by atoms with E-state index >= 15 is 0 Å². The second-order valence-electron chi connectivity index (χ2n) is 5.76. The maximum absolute atomic E-state index is 3.59. The van der Waals surface area contributed by atoms with E-state index < -0.39 is 0 Å². The lowest BCUT2D eigenvalue weighted by molar-refractivity contribution is 0.0346. The largest absolute Gasteiger partial charge is 0.303 e. The summed E-state index contributed by atoms with van der Waals surface area (Å²) in [7, 11) is 2.31. The zero-order chi connectivity index (χ0) is 11.5. The van der Waals surface area contributed by atoms with Gasteiger partial charge in [0.2, 0.25) is 0 Å². The van der Waals surface area contributed by atoms with Gasteiger partial charge in [-0.3, -0.25) is 0 Å². The van der Waals surface area contributed by atoms with Gasteiger partial charge in [0.15, 0.2) is 0 Å². The van der Waals surface area contributed by atoms with Gasteiger partial charge in [-0.25, -0.2) is 0 Å². The van der Waals surface area contributed by atoms with Gasteiger partial charge in [-0.1, -0.05) is 22.9 Å². The van der Waals surface area contributed by atoms with E-state index in [1.54, 1.807) is 0 Å². The Morgan fingerprint density at radius 3 is 2.88 bits per heavy atom. The summed E-state index contributed by atoms with van der Waals surface area (Å²) < 4.78 is 0. The molecule has 0 aromatic rings. The van der Waals surface area contributed by atoms with E-state index in [9.17, 15) is 0 Å². The summed E-state index contributed by atoms with van der Waals surface area (Å²) >= 11 is 3.59. The highest BCUT2D eigenvalue weighted by atomic mass is 79.9. The molecule has 2 nitrogen and oxygen atoms in total. The number of likely N-dealkylation sites (tertiary alicyclic amines) is 2. The highest BCUT2D eigenvalue weighted by Crippen LogP contribution is 2.29. The third-order valence-corrected chi connectivity index (χ3v) is 5.37. The maximum atomic E-state index is 3.59. The number of hydrogen-bond acceptors (Lipinski definition) is 2. The topological polar surface area (TPSA) is 6.48 Å². The molecule has 3 atom stereocenters. The Morgan fingerprint density at radius 1 is 1.31 bits per heavy atom. The summed E-state index contributed by atoms with van der Waals surface area (Å²) in [6.07, 6.45) is 4.24. The summed E-state index contributed by atoms with van der Waals surface area (Å²) in [5, 5.41) is 1.14. The number of fused-ring (bicyclic) bond motifs is 1. The number of alkyl halides is 1. The molecule has 2 saturated heterocycles.